The maximum Gasteiger partial charge on any atom is 0.270 e. The van der Waals surface area contributed by atoms with Crippen LogP contribution in [-0.2, 0) is 10.5 Å². The van der Waals surface area contributed by atoms with Gasteiger partial charge in [0.1, 0.15) is 10.7 Å². The third-order valence-electron chi connectivity index (χ3n) is 4.65. The molecule has 0 bridgehead atoms. The highest BCUT2D eigenvalue weighted by molar-refractivity contribution is 7.98. The van der Waals surface area contributed by atoms with E-state index in [1.807, 2.05) is 47.9 Å². The number of benzene rings is 1. The van der Waals surface area contributed by atoms with E-state index in [1.165, 1.54) is 23.1 Å². The summed E-state index contributed by atoms with van der Waals surface area (Å²) in [6, 6.07) is 11.8. The first-order valence-corrected chi connectivity index (χ1v) is 11.9. The van der Waals surface area contributed by atoms with Crippen LogP contribution in [0.3, 0.4) is 0 Å². The van der Waals surface area contributed by atoms with Gasteiger partial charge in [0.2, 0.25) is 5.82 Å². The zero-order valence-corrected chi connectivity index (χ0v) is 19.4. The van der Waals surface area contributed by atoms with Crippen molar-refractivity contribution < 1.29 is 13.9 Å². The van der Waals surface area contributed by atoms with Crippen molar-refractivity contribution in [2.24, 2.45) is 0 Å². The molecule has 4 rings (SSSR count). The molecule has 10 heteroatoms. The number of rotatable bonds is 10. The van der Waals surface area contributed by atoms with Gasteiger partial charge in [0.05, 0.1) is 17.7 Å². The minimum absolute atomic E-state index is 0.170. The lowest BCUT2D eigenvalue weighted by molar-refractivity contribution is 0.0944. The molecule has 0 saturated heterocycles. The van der Waals surface area contributed by atoms with Gasteiger partial charge >= 0.3 is 0 Å². The molecule has 0 aliphatic carbocycles. The van der Waals surface area contributed by atoms with Crippen LogP contribution in [0.1, 0.15) is 27.5 Å². The monoisotopic (exact) mass is 469 g/mol. The number of hydrogen-bond donors (Lipinski definition) is 1. The third-order valence-corrected chi connectivity index (χ3v) is 6.62. The molecule has 8 nitrogen and oxygen atoms in total. The third kappa shape index (κ3) is 5.09. The quantitative estimate of drug-likeness (QED) is 0.272. The Morgan fingerprint density at radius 2 is 2.12 bits per heavy atom. The smallest absolute Gasteiger partial charge is 0.270 e. The number of aryl methyl sites for hydroxylation is 1. The first-order valence-electron chi connectivity index (χ1n) is 10.1. The van der Waals surface area contributed by atoms with E-state index in [2.05, 4.69) is 20.5 Å². The summed E-state index contributed by atoms with van der Waals surface area (Å²) in [6.45, 7) is 3.22. The van der Waals surface area contributed by atoms with Gasteiger partial charge in [-0.15, -0.1) is 21.5 Å². The van der Waals surface area contributed by atoms with Gasteiger partial charge in [-0.2, -0.15) is 0 Å². The van der Waals surface area contributed by atoms with Crippen LogP contribution in [0.15, 0.2) is 57.6 Å². The van der Waals surface area contributed by atoms with Crippen molar-refractivity contribution in [1.29, 1.82) is 0 Å². The number of nitrogens with one attached hydrogen (secondary N) is 1. The first-order chi connectivity index (χ1) is 15.7. The van der Waals surface area contributed by atoms with E-state index in [0.29, 0.717) is 36.2 Å². The summed E-state index contributed by atoms with van der Waals surface area (Å²) in [5.41, 5.74) is 2.52. The fraction of sp³-hybridized carbons (Fsp3) is 0.273. The predicted molar refractivity (Wildman–Crippen MR) is 124 cm³/mol. The van der Waals surface area contributed by atoms with Gasteiger partial charge in [-0.3, -0.25) is 9.36 Å². The van der Waals surface area contributed by atoms with Gasteiger partial charge in [0.25, 0.3) is 5.91 Å². The van der Waals surface area contributed by atoms with Gasteiger partial charge in [-0.1, -0.05) is 30.0 Å². The molecule has 32 heavy (non-hydrogen) atoms. The summed E-state index contributed by atoms with van der Waals surface area (Å²) in [4.78, 5) is 16.7. The number of methoxy groups -OCH3 is 1. The first kappa shape index (κ1) is 22.3. The van der Waals surface area contributed by atoms with Gasteiger partial charge in [-0.05, 0) is 37.1 Å². The largest absolute Gasteiger partial charge is 0.461 e. The van der Waals surface area contributed by atoms with E-state index in [-0.39, 0.29) is 5.91 Å². The molecule has 166 valence electrons. The molecule has 0 aliphatic rings. The fourth-order valence-corrected chi connectivity index (χ4v) is 4.81. The number of furan rings is 1. The molecule has 1 N–H and O–H groups in total. The average molecular weight is 470 g/mol. The Bertz CT molecular complexity index is 1170. The molecule has 0 unspecified atom stereocenters. The van der Waals surface area contributed by atoms with Crippen molar-refractivity contribution in [3.05, 3.63) is 64.3 Å². The van der Waals surface area contributed by atoms with Crippen molar-refractivity contribution >= 4 is 29.0 Å². The van der Waals surface area contributed by atoms with Gasteiger partial charge in [-0.25, -0.2) is 4.98 Å². The number of nitrogens with zero attached hydrogens (tertiary/aromatic N) is 4. The molecule has 0 fully saturated rings. The van der Waals surface area contributed by atoms with E-state index in [4.69, 9.17) is 9.15 Å². The Morgan fingerprint density at radius 3 is 2.91 bits per heavy atom. The molecular formula is C22H23N5O3S2. The summed E-state index contributed by atoms with van der Waals surface area (Å²) in [5.74, 6) is 1.69. The zero-order chi connectivity index (χ0) is 22.3. The summed E-state index contributed by atoms with van der Waals surface area (Å²) < 4.78 is 12.6. The maximum atomic E-state index is 12.3. The van der Waals surface area contributed by atoms with Crippen molar-refractivity contribution in [3.8, 4) is 17.3 Å². The molecule has 3 aromatic heterocycles. The van der Waals surface area contributed by atoms with Crippen LogP contribution in [0.2, 0.25) is 0 Å². The van der Waals surface area contributed by atoms with Crippen LogP contribution in [-0.4, -0.2) is 45.9 Å². The summed E-state index contributed by atoms with van der Waals surface area (Å²) in [6.07, 6.45) is 2.39. The number of amides is 1. The molecule has 0 spiro atoms. The second-order valence-electron chi connectivity index (χ2n) is 6.92. The molecule has 0 radical (unpaired) electrons. The lowest BCUT2D eigenvalue weighted by Crippen LogP contribution is -2.25. The van der Waals surface area contributed by atoms with E-state index in [1.54, 1.807) is 18.8 Å². The average Bonchev–Trinajstić information content (AvgIpc) is 3.56. The van der Waals surface area contributed by atoms with Crippen LogP contribution >= 0.6 is 23.1 Å². The molecule has 0 atom stereocenters. The lowest BCUT2D eigenvalue weighted by atomic mass is 10.2. The van der Waals surface area contributed by atoms with E-state index in [9.17, 15) is 4.79 Å². The highest BCUT2D eigenvalue weighted by Crippen LogP contribution is 2.31. The molecule has 0 saturated carbocycles. The molecular weight excluding hydrogens is 446 g/mol. The van der Waals surface area contributed by atoms with Gasteiger partial charge in [0.15, 0.2) is 10.9 Å². The van der Waals surface area contributed by atoms with Gasteiger partial charge in [0, 0.05) is 25.6 Å². The highest BCUT2D eigenvalue weighted by Gasteiger charge is 2.20. The summed E-state index contributed by atoms with van der Waals surface area (Å²) >= 11 is 2.98. The van der Waals surface area contributed by atoms with Crippen LogP contribution in [0.25, 0.3) is 17.3 Å². The Labute approximate surface area is 194 Å². The minimum Gasteiger partial charge on any atom is -0.461 e. The van der Waals surface area contributed by atoms with Crippen LogP contribution in [0.4, 0.5) is 0 Å². The maximum absolute atomic E-state index is 12.3. The molecule has 1 aromatic carbocycles. The molecule has 1 amide bonds. The van der Waals surface area contributed by atoms with Gasteiger partial charge < -0.3 is 14.5 Å². The summed E-state index contributed by atoms with van der Waals surface area (Å²) in [7, 11) is 1.64. The Hall–Kier alpha value is -2.95. The van der Waals surface area contributed by atoms with E-state index < -0.39 is 0 Å². The zero-order valence-electron chi connectivity index (χ0n) is 17.8. The van der Waals surface area contributed by atoms with E-state index in [0.717, 1.165) is 27.8 Å². The number of hydrogen-bond acceptors (Lipinski definition) is 8. The number of para-hydroxylation sites is 1. The number of carbonyl (C=O) groups excluding carboxylic acids is 1. The number of carbonyl (C=O) groups is 1. The van der Waals surface area contributed by atoms with Crippen LogP contribution in [0.5, 0.6) is 0 Å². The summed E-state index contributed by atoms with van der Waals surface area (Å²) in [5, 5.41) is 15.0. The minimum atomic E-state index is -0.170. The Balaban J connectivity index is 1.50. The molecule has 3 heterocycles. The normalized spacial score (nSPS) is 11.1. The standard InChI is InChI=1S/C22H23N5O3S2/c1-15-7-3-4-8-17(15)27-20(18-9-5-12-30-18)25-26-22(27)32-14-19-24-16(13-31-19)21(28)23-10-6-11-29-2/h3-5,7-9,12-13H,6,10-11,14H2,1-2H3,(H,23,28). The van der Waals surface area contributed by atoms with E-state index >= 15 is 0 Å². The van der Waals surface area contributed by atoms with Crippen LogP contribution in [0, 0.1) is 6.92 Å². The van der Waals surface area contributed by atoms with Crippen LogP contribution < -0.4 is 5.32 Å². The Morgan fingerprint density at radius 1 is 1.25 bits per heavy atom. The van der Waals surface area contributed by atoms with Crippen molar-refractivity contribution in [2.45, 2.75) is 24.3 Å². The molecule has 0 aliphatic heterocycles. The Kier molecular flexibility index (Phi) is 7.35. The van der Waals surface area contributed by atoms with Crippen molar-refractivity contribution in [3.63, 3.8) is 0 Å². The van der Waals surface area contributed by atoms with Crippen molar-refractivity contribution in [1.82, 2.24) is 25.1 Å². The number of thioether (sulfide) groups is 1. The SMILES string of the molecule is COCCCNC(=O)c1csc(CSc2nnc(-c3ccco3)n2-c2ccccc2C)n1. The van der Waals surface area contributed by atoms with Crippen molar-refractivity contribution in [2.75, 3.05) is 20.3 Å². The lowest BCUT2D eigenvalue weighted by Gasteiger charge is -2.11. The number of thiazole rings is 1. The fourth-order valence-electron chi connectivity index (χ4n) is 3.08. The second-order valence-corrected chi connectivity index (χ2v) is 8.81. The predicted octanol–water partition coefficient (Wildman–Crippen LogP) is 4.35. The molecule has 4 aromatic rings. The number of ether oxygens (including phenoxy) is 1. The highest BCUT2D eigenvalue weighted by atomic mass is 32.2. The second kappa shape index (κ2) is 10.6. The number of aromatic nitrogens is 4. The topological polar surface area (TPSA) is 95.1 Å².